The average Bonchev–Trinajstić information content (AvgIpc) is 2.40. The molecule has 21 heavy (non-hydrogen) atoms. The van der Waals surface area contributed by atoms with Crippen molar-refractivity contribution in [2.24, 2.45) is 17.3 Å². The van der Waals surface area contributed by atoms with Crippen molar-refractivity contribution in [1.82, 2.24) is 10.2 Å². The van der Waals surface area contributed by atoms with Crippen LogP contribution < -0.4 is 5.32 Å². The molecule has 0 aliphatic heterocycles. The lowest BCUT2D eigenvalue weighted by molar-refractivity contribution is 0.0841. The second-order valence-electron chi connectivity index (χ2n) is 8.38. The highest BCUT2D eigenvalue weighted by molar-refractivity contribution is 4.90. The molecular formula is C19H40N2. The van der Waals surface area contributed by atoms with E-state index in [-0.39, 0.29) is 0 Å². The van der Waals surface area contributed by atoms with E-state index >= 15 is 0 Å². The lowest BCUT2D eigenvalue weighted by atomic mass is 9.67. The maximum absolute atomic E-state index is 3.76. The largest absolute Gasteiger partial charge is 0.314 e. The van der Waals surface area contributed by atoms with Crippen LogP contribution in [-0.4, -0.2) is 37.1 Å². The van der Waals surface area contributed by atoms with Gasteiger partial charge in [0.15, 0.2) is 0 Å². The molecule has 0 aromatic carbocycles. The topological polar surface area (TPSA) is 15.3 Å². The van der Waals surface area contributed by atoms with Gasteiger partial charge in [0.05, 0.1) is 0 Å². The average molecular weight is 297 g/mol. The molecule has 1 N–H and O–H groups in total. The highest BCUT2D eigenvalue weighted by atomic mass is 15.1. The molecule has 4 atom stereocenters. The molecule has 1 aliphatic rings. The second-order valence-corrected chi connectivity index (χ2v) is 8.38. The Morgan fingerprint density at radius 1 is 1.19 bits per heavy atom. The van der Waals surface area contributed by atoms with Gasteiger partial charge in [-0.25, -0.2) is 0 Å². The molecule has 0 aromatic heterocycles. The minimum Gasteiger partial charge on any atom is -0.314 e. The van der Waals surface area contributed by atoms with Gasteiger partial charge in [-0.1, -0.05) is 41.0 Å². The molecule has 4 unspecified atom stereocenters. The van der Waals surface area contributed by atoms with Crippen LogP contribution in [0.3, 0.4) is 0 Å². The SMILES string of the molecule is CCCC(C)N(C)CC1CC(C(C)(C)C)CCC1NCC. The normalized spacial score (nSPS) is 28.9. The van der Waals surface area contributed by atoms with Gasteiger partial charge in [-0.2, -0.15) is 0 Å². The van der Waals surface area contributed by atoms with E-state index in [2.05, 4.69) is 58.8 Å². The van der Waals surface area contributed by atoms with Crippen LogP contribution in [0.2, 0.25) is 0 Å². The van der Waals surface area contributed by atoms with Crippen LogP contribution in [0.4, 0.5) is 0 Å². The molecule has 0 bridgehead atoms. The van der Waals surface area contributed by atoms with Gasteiger partial charge >= 0.3 is 0 Å². The summed E-state index contributed by atoms with van der Waals surface area (Å²) in [6.45, 7) is 16.6. The Kier molecular flexibility index (Phi) is 7.70. The van der Waals surface area contributed by atoms with Crippen molar-refractivity contribution in [3.8, 4) is 0 Å². The fraction of sp³-hybridized carbons (Fsp3) is 1.00. The molecule has 0 amide bonds. The summed E-state index contributed by atoms with van der Waals surface area (Å²) in [4.78, 5) is 2.60. The molecule has 0 saturated heterocycles. The summed E-state index contributed by atoms with van der Waals surface area (Å²) >= 11 is 0. The van der Waals surface area contributed by atoms with E-state index in [1.54, 1.807) is 0 Å². The zero-order valence-corrected chi connectivity index (χ0v) is 15.7. The van der Waals surface area contributed by atoms with Crippen LogP contribution in [0.15, 0.2) is 0 Å². The summed E-state index contributed by atoms with van der Waals surface area (Å²) in [5, 5.41) is 3.76. The lowest BCUT2D eigenvalue weighted by Crippen LogP contribution is -2.48. The first-order valence-electron chi connectivity index (χ1n) is 9.23. The third-order valence-corrected chi connectivity index (χ3v) is 5.65. The first kappa shape index (κ1) is 19.0. The fourth-order valence-electron chi connectivity index (χ4n) is 3.97. The maximum atomic E-state index is 3.76. The van der Waals surface area contributed by atoms with Gasteiger partial charge in [-0.3, -0.25) is 0 Å². The van der Waals surface area contributed by atoms with E-state index in [9.17, 15) is 0 Å². The number of rotatable bonds is 7. The van der Waals surface area contributed by atoms with Crippen LogP contribution in [0.1, 0.15) is 73.6 Å². The predicted octanol–water partition coefficient (Wildman–Crippen LogP) is 4.55. The first-order valence-corrected chi connectivity index (χ1v) is 9.23. The number of hydrogen-bond donors (Lipinski definition) is 1. The van der Waals surface area contributed by atoms with Gasteiger partial charge in [0.2, 0.25) is 0 Å². The van der Waals surface area contributed by atoms with Crippen molar-refractivity contribution in [3.63, 3.8) is 0 Å². The highest BCUT2D eigenvalue weighted by Gasteiger charge is 2.36. The molecule has 0 radical (unpaired) electrons. The van der Waals surface area contributed by atoms with E-state index in [0.717, 1.165) is 24.4 Å². The summed E-state index contributed by atoms with van der Waals surface area (Å²) in [6, 6.07) is 1.44. The minimum absolute atomic E-state index is 0.461. The second kappa shape index (κ2) is 8.53. The summed E-state index contributed by atoms with van der Waals surface area (Å²) in [5.41, 5.74) is 0.461. The molecular weight excluding hydrogens is 256 g/mol. The van der Waals surface area contributed by atoms with Crippen molar-refractivity contribution < 1.29 is 0 Å². The summed E-state index contributed by atoms with van der Waals surface area (Å²) in [7, 11) is 2.32. The van der Waals surface area contributed by atoms with E-state index in [0.29, 0.717) is 11.5 Å². The quantitative estimate of drug-likeness (QED) is 0.741. The lowest BCUT2D eigenvalue weighted by Gasteiger charge is -2.44. The molecule has 1 saturated carbocycles. The van der Waals surface area contributed by atoms with E-state index in [1.807, 2.05) is 0 Å². The summed E-state index contributed by atoms with van der Waals surface area (Å²) in [6.07, 6.45) is 6.75. The van der Waals surface area contributed by atoms with Crippen molar-refractivity contribution in [3.05, 3.63) is 0 Å². The van der Waals surface area contributed by atoms with Crippen molar-refractivity contribution in [1.29, 1.82) is 0 Å². The van der Waals surface area contributed by atoms with E-state index in [4.69, 9.17) is 0 Å². The Labute approximate surface area is 134 Å². The first-order chi connectivity index (χ1) is 9.79. The fourth-order valence-corrected chi connectivity index (χ4v) is 3.97. The van der Waals surface area contributed by atoms with Gasteiger partial charge in [-0.05, 0) is 63.5 Å². The van der Waals surface area contributed by atoms with Crippen LogP contribution in [0, 0.1) is 17.3 Å². The molecule has 0 heterocycles. The Hall–Kier alpha value is -0.0800. The molecule has 0 spiro atoms. The van der Waals surface area contributed by atoms with Crippen LogP contribution in [0.5, 0.6) is 0 Å². The number of nitrogens with one attached hydrogen (secondary N) is 1. The van der Waals surface area contributed by atoms with Crippen LogP contribution in [-0.2, 0) is 0 Å². The standard InChI is InChI=1S/C19H40N2/c1-8-10-15(3)21(7)14-16-13-17(19(4,5)6)11-12-18(16)20-9-2/h15-18,20H,8-14H2,1-7H3. The minimum atomic E-state index is 0.461. The smallest absolute Gasteiger partial charge is 0.0108 e. The van der Waals surface area contributed by atoms with Crippen molar-refractivity contribution in [2.75, 3.05) is 20.1 Å². The summed E-state index contributed by atoms with van der Waals surface area (Å²) in [5.74, 6) is 1.69. The van der Waals surface area contributed by atoms with Crippen LogP contribution in [0.25, 0.3) is 0 Å². The third-order valence-electron chi connectivity index (χ3n) is 5.65. The van der Waals surface area contributed by atoms with Crippen molar-refractivity contribution >= 4 is 0 Å². The number of nitrogens with zero attached hydrogens (tertiary/aromatic N) is 1. The van der Waals surface area contributed by atoms with Crippen molar-refractivity contribution in [2.45, 2.75) is 85.7 Å². The van der Waals surface area contributed by atoms with E-state index < -0.39 is 0 Å². The molecule has 1 rings (SSSR count). The molecule has 2 nitrogen and oxygen atoms in total. The molecule has 1 aliphatic carbocycles. The zero-order chi connectivity index (χ0) is 16.0. The maximum Gasteiger partial charge on any atom is 0.0108 e. The molecule has 126 valence electrons. The number of hydrogen-bond acceptors (Lipinski definition) is 2. The third kappa shape index (κ3) is 5.90. The molecule has 2 heteroatoms. The highest BCUT2D eigenvalue weighted by Crippen LogP contribution is 2.40. The van der Waals surface area contributed by atoms with Gasteiger partial charge in [0.1, 0.15) is 0 Å². The Balaban J connectivity index is 2.66. The van der Waals surface area contributed by atoms with Gasteiger partial charge in [0.25, 0.3) is 0 Å². The Morgan fingerprint density at radius 3 is 2.38 bits per heavy atom. The predicted molar refractivity (Wildman–Crippen MR) is 94.8 cm³/mol. The monoisotopic (exact) mass is 296 g/mol. The van der Waals surface area contributed by atoms with Gasteiger partial charge < -0.3 is 10.2 Å². The van der Waals surface area contributed by atoms with E-state index in [1.165, 1.54) is 38.6 Å². The molecule has 1 fully saturated rings. The Bertz CT molecular complexity index is 282. The zero-order valence-electron chi connectivity index (χ0n) is 15.7. The van der Waals surface area contributed by atoms with Gasteiger partial charge in [0, 0.05) is 18.6 Å². The molecule has 0 aromatic rings. The summed E-state index contributed by atoms with van der Waals surface area (Å²) < 4.78 is 0. The van der Waals surface area contributed by atoms with Crippen LogP contribution >= 0.6 is 0 Å². The Morgan fingerprint density at radius 2 is 1.86 bits per heavy atom. The van der Waals surface area contributed by atoms with Gasteiger partial charge in [-0.15, -0.1) is 0 Å².